The molecule has 1 atom stereocenters. The monoisotopic (exact) mass is 472 g/mol. The molecular formula is C21H36N4O8. The Kier molecular flexibility index (Phi) is 10.1. The number of nitrogens with one attached hydrogen (secondary N) is 1. The number of carbonyl (C=O) groups excluding carboxylic acids is 4. The van der Waals surface area contributed by atoms with Gasteiger partial charge in [0.25, 0.3) is 0 Å². The van der Waals surface area contributed by atoms with Crippen molar-refractivity contribution in [2.45, 2.75) is 71.6 Å². The lowest BCUT2D eigenvalue weighted by Crippen LogP contribution is -2.61. The SMILES string of the molecule is CC(C)(C)OC(=O)NCCC[C@H]1C(=O)N(CC(=O)O)CCN1C(=O)CN(C=O)OC(C)(C)C. The van der Waals surface area contributed by atoms with Crippen LogP contribution in [0.1, 0.15) is 54.4 Å². The van der Waals surface area contributed by atoms with E-state index in [9.17, 15) is 24.0 Å². The van der Waals surface area contributed by atoms with Crippen molar-refractivity contribution in [1.29, 1.82) is 0 Å². The molecule has 1 heterocycles. The summed E-state index contributed by atoms with van der Waals surface area (Å²) >= 11 is 0. The van der Waals surface area contributed by atoms with Gasteiger partial charge in [0.15, 0.2) is 0 Å². The van der Waals surface area contributed by atoms with Gasteiger partial charge in [-0.15, -0.1) is 0 Å². The van der Waals surface area contributed by atoms with E-state index in [0.717, 1.165) is 5.06 Å². The Morgan fingerprint density at radius 2 is 1.79 bits per heavy atom. The molecule has 1 rings (SSSR count). The maximum atomic E-state index is 12.9. The molecule has 2 N–H and O–H groups in total. The number of alkyl carbamates (subject to hydrolysis) is 1. The van der Waals surface area contributed by atoms with Gasteiger partial charge in [-0.3, -0.25) is 24.0 Å². The first-order chi connectivity index (χ1) is 15.1. The van der Waals surface area contributed by atoms with Crippen LogP contribution in [0.4, 0.5) is 4.79 Å². The van der Waals surface area contributed by atoms with Crippen molar-refractivity contribution in [3.05, 3.63) is 0 Å². The van der Waals surface area contributed by atoms with Crippen LogP contribution in [0, 0.1) is 0 Å². The van der Waals surface area contributed by atoms with Gasteiger partial charge in [0.2, 0.25) is 18.2 Å². The molecule has 12 heteroatoms. The van der Waals surface area contributed by atoms with E-state index in [4.69, 9.17) is 14.7 Å². The maximum Gasteiger partial charge on any atom is 0.407 e. The summed E-state index contributed by atoms with van der Waals surface area (Å²) in [4.78, 5) is 68.0. The fourth-order valence-electron chi connectivity index (χ4n) is 3.20. The molecule has 33 heavy (non-hydrogen) atoms. The summed E-state index contributed by atoms with van der Waals surface area (Å²) in [6, 6.07) is -0.922. The molecule has 0 unspecified atom stereocenters. The second-order valence-electron chi connectivity index (χ2n) is 9.71. The van der Waals surface area contributed by atoms with Gasteiger partial charge in [-0.25, -0.2) is 9.86 Å². The number of aliphatic carboxylic acids is 1. The van der Waals surface area contributed by atoms with E-state index in [1.165, 1.54) is 9.80 Å². The fraction of sp³-hybridized carbons (Fsp3) is 0.762. The standard InChI is InChI=1S/C21H36N4O8/c1-20(2,3)32-19(31)22-9-7-8-15-18(30)23(13-17(28)29)10-11-25(15)16(27)12-24(14-26)33-21(4,5)6/h14-15H,7-13H2,1-6H3,(H,22,31)(H,28,29)/t15-/m0/s1. The van der Waals surface area contributed by atoms with Gasteiger partial charge >= 0.3 is 12.1 Å². The van der Waals surface area contributed by atoms with E-state index < -0.39 is 47.7 Å². The lowest BCUT2D eigenvalue weighted by molar-refractivity contribution is -0.218. The third-order valence-corrected chi connectivity index (χ3v) is 4.35. The minimum atomic E-state index is -1.15. The van der Waals surface area contributed by atoms with Crippen LogP contribution in [-0.4, -0.2) is 100 Å². The van der Waals surface area contributed by atoms with Crippen molar-refractivity contribution >= 4 is 30.3 Å². The van der Waals surface area contributed by atoms with Crippen LogP contribution in [0.15, 0.2) is 0 Å². The van der Waals surface area contributed by atoms with Crippen molar-refractivity contribution in [2.75, 3.05) is 32.7 Å². The third kappa shape index (κ3) is 10.5. The van der Waals surface area contributed by atoms with Crippen LogP contribution in [-0.2, 0) is 28.8 Å². The number of carboxylic acids is 1. The number of hydrogen-bond acceptors (Lipinski definition) is 7. The summed E-state index contributed by atoms with van der Waals surface area (Å²) < 4.78 is 5.16. The van der Waals surface area contributed by atoms with E-state index in [0.29, 0.717) is 12.8 Å². The molecule has 0 aromatic heterocycles. The maximum absolute atomic E-state index is 12.9. The Morgan fingerprint density at radius 1 is 1.15 bits per heavy atom. The number of ether oxygens (including phenoxy) is 1. The summed E-state index contributed by atoms with van der Waals surface area (Å²) in [7, 11) is 0. The molecule has 188 valence electrons. The van der Waals surface area contributed by atoms with Gasteiger partial charge in [0, 0.05) is 19.6 Å². The average molecular weight is 473 g/mol. The first-order valence-corrected chi connectivity index (χ1v) is 10.8. The number of carbonyl (C=O) groups is 5. The third-order valence-electron chi connectivity index (χ3n) is 4.35. The lowest BCUT2D eigenvalue weighted by Gasteiger charge is -2.40. The number of carboxylic acid groups (broad SMARTS) is 1. The van der Waals surface area contributed by atoms with Gasteiger partial charge in [0.05, 0.1) is 5.60 Å². The van der Waals surface area contributed by atoms with Crippen molar-refractivity contribution in [2.24, 2.45) is 0 Å². The van der Waals surface area contributed by atoms with Crippen LogP contribution in [0.25, 0.3) is 0 Å². The quantitative estimate of drug-likeness (QED) is 0.267. The first kappa shape index (κ1) is 28.1. The topological polar surface area (TPSA) is 146 Å². The molecule has 0 aromatic rings. The summed E-state index contributed by atoms with van der Waals surface area (Å²) in [5.74, 6) is -2.15. The van der Waals surface area contributed by atoms with E-state index in [1.807, 2.05) is 0 Å². The zero-order valence-electron chi connectivity index (χ0n) is 20.3. The van der Waals surface area contributed by atoms with Crippen LogP contribution in [0.2, 0.25) is 0 Å². The second-order valence-corrected chi connectivity index (χ2v) is 9.71. The molecule has 0 aliphatic carbocycles. The van der Waals surface area contributed by atoms with Crippen molar-refractivity contribution in [3.8, 4) is 0 Å². The smallest absolute Gasteiger partial charge is 0.407 e. The summed E-state index contributed by atoms with van der Waals surface area (Å²) in [5.41, 5.74) is -1.35. The number of piperazine rings is 1. The lowest BCUT2D eigenvalue weighted by atomic mass is 10.0. The van der Waals surface area contributed by atoms with E-state index in [-0.39, 0.29) is 32.6 Å². The van der Waals surface area contributed by atoms with Crippen molar-refractivity contribution in [3.63, 3.8) is 0 Å². The molecule has 4 amide bonds. The van der Waals surface area contributed by atoms with E-state index >= 15 is 0 Å². The summed E-state index contributed by atoms with van der Waals surface area (Å²) in [5, 5.41) is 12.5. The van der Waals surface area contributed by atoms with Crippen LogP contribution >= 0.6 is 0 Å². The molecule has 1 aliphatic heterocycles. The molecule has 0 spiro atoms. The highest BCUT2D eigenvalue weighted by atomic mass is 16.7. The Labute approximate surface area is 194 Å². The van der Waals surface area contributed by atoms with Gasteiger partial charge < -0.3 is 25.0 Å². The molecule has 12 nitrogen and oxygen atoms in total. The van der Waals surface area contributed by atoms with E-state index in [1.54, 1.807) is 41.5 Å². The Bertz CT molecular complexity index is 729. The second kappa shape index (κ2) is 11.8. The molecule has 1 aliphatic rings. The first-order valence-electron chi connectivity index (χ1n) is 10.8. The highest BCUT2D eigenvalue weighted by Gasteiger charge is 2.38. The number of amides is 4. The number of hydroxylamine groups is 2. The fourth-order valence-corrected chi connectivity index (χ4v) is 3.20. The Balaban J connectivity index is 2.83. The highest BCUT2D eigenvalue weighted by Crippen LogP contribution is 2.18. The molecule has 0 bridgehead atoms. The largest absolute Gasteiger partial charge is 0.480 e. The van der Waals surface area contributed by atoms with E-state index in [2.05, 4.69) is 5.32 Å². The summed E-state index contributed by atoms with van der Waals surface area (Å²) in [6.07, 6.45) is 0.332. The van der Waals surface area contributed by atoms with Crippen LogP contribution in [0.5, 0.6) is 0 Å². The molecule has 1 saturated heterocycles. The normalized spacial score (nSPS) is 16.9. The molecule has 0 saturated carbocycles. The Hall–Kier alpha value is -2.89. The minimum Gasteiger partial charge on any atom is -0.480 e. The van der Waals surface area contributed by atoms with Gasteiger partial charge in [0.1, 0.15) is 24.7 Å². The molecular weight excluding hydrogens is 436 g/mol. The molecule has 1 fully saturated rings. The highest BCUT2D eigenvalue weighted by molar-refractivity contribution is 5.91. The number of nitrogens with zero attached hydrogens (tertiary/aromatic N) is 3. The molecule has 0 radical (unpaired) electrons. The zero-order valence-corrected chi connectivity index (χ0v) is 20.3. The van der Waals surface area contributed by atoms with Gasteiger partial charge in [-0.1, -0.05) is 0 Å². The van der Waals surface area contributed by atoms with Crippen LogP contribution in [0.3, 0.4) is 0 Å². The van der Waals surface area contributed by atoms with Gasteiger partial charge in [-0.05, 0) is 54.4 Å². The predicted molar refractivity (Wildman–Crippen MR) is 117 cm³/mol. The minimum absolute atomic E-state index is 0.0603. The van der Waals surface area contributed by atoms with Crippen LogP contribution < -0.4 is 5.32 Å². The predicted octanol–water partition coefficient (Wildman–Crippen LogP) is 0.604. The van der Waals surface area contributed by atoms with Gasteiger partial charge in [-0.2, -0.15) is 0 Å². The van der Waals surface area contributed by atoms with Crippen molar-refractivity contribution < 1.29 is 38.7 Å². The average Bonchev–Trinajstić information content (AvgIpc) is 2.64. The van der Waals surface area contributed by atoms with Crippen molar-refractivity contribution in [1.82, 2.24) is 20.2 Å². The molecule has 0 aromatic carbocycles. The summed E-state index contributed by atoms with van der Waals surface area (Å²) in [6.45, 7) is 9.90. The Morgan fingerprint density at radius 3 is 2.30 bits per heavy atom. The number of hydrogen-bond donors (Lipinski definition) is 2. The number of rotatable bonds is 10. The zero-order chi connectivity index (χ0) is 25.4.